The van der Waals surface area contributed by atoms with Crippen LogP contribution in [0.3, 0.4) is 0 Å². The Labute approximate surface area is 85.9 Å². The summed E-state index contributed by atoms with van der Waals surface area (Å²) >= 11 is 0. The monoisotopic (exact) mass is 225 g/mol. The topological polar surface area (TPSA) is 40.5 Å². The van der Waals surface area contributed by atoms with E-state index in [1.807, 2.05) is 0 Å². The Morgan fingerprint density at radius 3 is 2.67 bits per heavy atom. The molecule has 1 fully saturated rings. The van der Waals surface area contributed by atoms with Crippen LogP contribution in [0.2, 0.25) is 0 Å². The van der Waals surface area contributed by atoms with Gasteiger partial charge in [-0.05, 0) is 18.9 Å². The highest BCUT2D eigenvalue weighted by atomic mass is 19.4. The van der Waals surface area contributed by atoms with Crippen LogP contribution in [-0.4, -0.2) is 41.8 Å². The van der Waals surface area contributed by atoms with Gasteiger partial charge in [0, 0.05) is 19.5 Å². The number of alkyl halides is 3. The smallest absolute Gasteiger partial charge is 0.390 e. The summed E-state index contributed by atoms with van der Waals surface area (Å²) in [6, 6.07) is 0. The lowest BCUT2D eigenvalue weighted by atomic mass is 10.1. The third-order valence-corrected chi connectivity index (χ3v) is 2.54. The zero-order valence-electron chi connectivity index (χ0n) is 8.26. The zero-order valence-corrected chi connectivity index (χ0v) is 8.26. The molecule has 0 radical (unpaired) electrons. The van der Waals surface area contributed by atoms with Crippen LogP contribution in [0.25, 0.3) is 0 Å². The van der Waals surface area contributed by atoms with Crippen LogP contribution in [0.4, 0.5) is 13.2 Å². The number of carbonyl (C=O) groups is 1. The van der Waals surface area contributed by atoms with E-state index in [9.17, 15) is 18.0 Å². The molecular weight excluding hydrogens is 211 g/mol. The normalized spacial score (nSPS) is 23.3. The molecule has 1 saturated heterocycles. The molecule has 88 valence electrons. The molecule has 1 rings (SSSR count). The van der Waals surface area contributed by atoms with Gasteiger partial charge in [0.15, 0.2) is 0 Å². The molecule has 1 N–H and O–H groups in total. The fourth-order valence-electron chi connectivity index (χ4n) is 1.81. The molecule has 0 saturated carbocycles. The highest BCUT2D eigenvalue weighted by Gasteiger charge is 2.30. The van der Waals surface area contributed by atoms with Gasteiger partial charge in [-0.25, -0.2) is 0 Å². The summed E-state index contributed by atoms with van der Waals surface area (Å²) in [7, 11) is 0. The molecule has 1 unspecified atom stereocenters. The molecule has 0 bridgehead atoms. The first-order chi connectivity index (χ1) is 6.87. The van der Waals surface area contributed by atoms with E-state index in [2.05, 4.69) is 0 Å². The van der Waals surface area contributed by atoms with E-state index >= 15 is 0 Å². The van der Waals surface area contributed by atoms with Gasteiger partial charge in [-0.15, -0.1) is 0 Å². The van der Waals surface area contributed by atoms with E-state index in [-0.39, 0.29) is 18.9 Å². The lowest BCUT2D eigenvalue weighted by Crippen LogP contribution is -2.26. The van der Waals surface area contributed by atoms with E-state index in [1.54, 1.807) is 4.90 Å². The Morgan fingerprint density at radius 1 is 1.47 bits per heavy atom. The van der Waals surface area contributed by atoms with Gasteiger partial charge in [0.05, 0.1) is 6.42 Å². The molecule has 0 aromatic rings. The molecule has 0 aliphatic carbocycles. The van der Waals surface area contributed by atoms with Crippen molar-refractivity contribution in [1.82, 2.24) is 4.90 Å². The number of halogens is 3. The summed E-state index contributed by atoms with van der Waals surface area (Å²) in [5, 5.41) is 8.52. The standard InChI is InChI=1S/C9H14F3NO2/c10-9(11,12)2-4-13-3-1-7(6-13)5-8(14)15/h7H,1-6H2,(H,14,15). The molecule has 1 aliphatic heterocycles. The molecule has 6 heteroatoms. The molecule has 15 heavy (non-hydrogen) atoms. The van der Waals surface area contributed by atoms with Crippen LogP contribution < -0.4 is 0 Å². The summed E-state index contributed by atoms with van der Waals surface area (Å²) in [5.41, 5.74) is 0. The van der Waals surface area contributed by atoms with Gasteiger partial charge < -0.3 is 10.0 Å². The first-order valence-corrected chi connectivity index (χ1v) is 4.88. The maximum absolute atomic E-state index is 11.9. The lowest BCUT2D eigenvalue weighted by Gasteiger charge is -2.16. The van der Waals surface area contributed by atoms with E-state index in [0.29, 0.717) is 19.5 Å². The highest BCUT2D eigenvalue weighted by Crippen LogP contribution is 2.24. The fraction of sp³-hybridized carbons (Fsp3) is 0.889. The van der Waals surface area contributed by atoms with Gasteiger partial charge in [-0.1, -0.05) is 0 Å². The molecule has 0 aromatic heterocycles. The van der Waals surface area contributed by atoms with E-state index in [1.165, 1.54) is 0 Å². The number of carboxylic acids is 1. The fourth-order valence-corrected chi connectivity index (χ4v) is 1.81. The molecule has 1 heterocycles. The Kier molecular flexibility index (Phi) is 3.96. The van der Waals surface area contributed by atoms with Crippen molar-refractivity contribution in [2.75, 3.05) is 19.6 Å². The van der Waals surface area contributed by atoms with Crippen molar-refractivity contribution in [3.8, 4) is 0 Å². The molecule has 3 nitrogen and oxygen atoms in total. The van der Waals surface area contributed by atoms with E-state index in [0.717, 1.165) is 0 Å². The molecule has 0 amide bonds. The van der Waals surface area contributed by atoms with Crippen molar-refractivity contribution in [1.29, 1.82) is 0 Å². The number of hydrogen-bond donors (Lipinski definition) is 1. The number of rotatable bonds is 4. The van der Waals surface area contributed by atoms with E-state index < -0.39 is 18.6 Å². The van der Waals surface area contributed by atoms with Gasteiger partial charge in [0.1, 0.15) is 0 Å². The van der Waals surface area contributed by atoms with Gasteiger partial charge in [0.2, 0.25) is 0 Å². The maximum Gasteiger partial charge on any atom is 0.390 e. The second-order valence-electron chi connectivity index (χ2n) is 3.92. The lowest BCUT2D eigenvalue weighted by molar-refractivity contribution is -0.139. The Hall–Kier alpha value is -0.780. The minimum Gasteiger partial charge on any atom is -0.481 e. The minimum atomic E-state index is -4.12. The highest BCUT2D eigenvalue weighted by molar-refractivity contribution is 5.67. The molecule has 1 aliphatic rings. The second-order valence-corrected chi connectivity index (χ2v) is 3.92. The number of likely N-dealkylation sites (tertiary alicyclic amines) is 1. The molecule has 1 atom stereocenters. The summed E-state index contributed by atoms with van der Waals surface area (Å²) in [6.07, 6.45) is -4.19. The Morgan fingerprint density at radius 2 is 2.13 bits per heavy atom. The first-order valence-electron chi connectivity index (χ1n) is 4.88. The number of hydrogen-bond acceptors (Lipinski definition) is 2. The summed E-state index contributed by atoms with van der Waals surface area (Å²) in [6.45, 7) is 1.04. The van der Waals surface area contributed by atoms with Crippen molar-refractivity contribution in [2.45, 2.75) is 25.4 Å². The maximum atomic E-state index is 11.9. The first kappa shape index (κ1) is 12.3. The van der Waals surface area contributed by atoms with Crippen molar-refractivity contribution in [3.05, 3.63) is 0 Å². The van der Waals surface area contributed by atoms with Gasteiger partial charge in [-0.3, -0.25) is 4.79 Å². The number of carboxylic acid groups (broad SMARTS) is 1. The summed E-state index contributed by atoms with van der Waals surface area (Å²) < 4.78 is 35.7. The van der Waals surface area contributed by atoms with Crippen LogP contribution >= 0.6 is 0 Å². The van der Waals surface area contributed by atoms with Crippen LogP contribution in [0.1, 0.15) is 19.3 Å². The zero-order chi connectivity index (χ0) is 11.5. The SMILES string of the molecule is O=C(O)CC1CCN(CCC(F)(F)F)C1. The second kappa shape index (κ2) is 4.83. The Bertz CT molecular complexity index is 230. The van der Waals surface area contributed by atoms with Crippen LogP contribution in [0.15, 0.2) is 0 Å². The number of nitrogens with zero attached hydrogens (tertiary/aromatic N) is 1. The predicted octanol–water partition coefficient (Wildman–Crippen LogP) is 1.74. The summed E-state index contributed by atoms with van der Waals surface area (Å²) in [4.78, 5) is 12.1. The largest absolute Gasteiger partial charge is 0.481 e. The van der Waals surface area contributed by atoms with Crippen molar-refractivity contribution < 1.29 is 23.1 Å². The van der Waals surface area contributed by atoms with E-state index in [4.69, 9.17) is 5.11 Å². The van der Waals surface area contributed by atoms with Crippen LogP contribution in [-0.2, 0) is 4.79 Å². The quantitative estimate of drug-likeness (QED) is 0.792. The third-order valence-electron chi connectivity index (χ3n) is 2.54. The van der Waals surface area contributed by atoms with Crippen LogP contribution in [0, 0.1) is 5.92 Å². The predicted molar refractivity (Wildman–Crippen MR) is 47.5 cm³/mol. The average molecular weight is 225 g/mol. The number of aliphatic carboxylic acids is 1. The van der Waals surface area contributed by atoms with Gasteiger partial charge >= 0.3 is 12.1 Å². The molecular formula is C9H14F3NO2. The van der Waals surface area contributed by atoms with Gasteiger partial charge in [-0.2, -0.15) is 13.2 Å². The van der Waals surface area contributed by atoms with Crippen LogP contribution in [0.5, 0.6) is 0 Å². The molecule has 0 spiro atoms. The molecule has 0 aromatic carbocycles. The minimum absolute atomic E-state index is 0.00994. The van der Waals surface area contributed by atoms with Crippen molar-refractivity contribution in [2.24, 2.45) is 5.92 Å². The van der Waals surface area contributed by atoms with Gasteiger partial charge in [0.25, 0.3) is 0 Å². The summed E-state index contributed by atoms with van der Waals surface area (Å²) in [5.74, 6) is -0.867. The third kappa shape index (κ3) is 5.01. The van der Waals surface area contributed by atoms with Crippen molar-refractivity contribution >= 4 is 5.97 Å². The Balaban J connectivity index is 2.22. The average Bonchev–Trinajstić information content (AvgIpc) is 2.46. The van der Waals surface area contributed by atoms with Crippen molar-refractivity contribution in [3.63, 3.8) is 0 Å².